The van der Waals surface area contributed by atoms with E-state index in [2.05, 4.69) is 30.0 Å². The van der Waals surface area contributed by atoms with Crippen molar-refractivity contribution in [2.45, 2.75) is 20.0 Å². The summed E-state index contributed by atoms with van der Waals surface area (Å²) in [6, 6.07) is 13.9. The van der Waals surface area contributed by atoms with Crippen LogP contribution in [-0.2, 0) is 22.7 Å². The number of carbonyl (C=O) groups is 2. The highest BCUT2D eigenvalue weighted by molar-refractivity contribution is 6.05. The zero-order valence-electron chi connectivity index (χ0n) is 15.8. The van der Waals surface area contributed by atoms with Crippen molar-refractivity contribution in [1.82, 2.24) is 9.80 Å². The Morgan fingerprint density at radius 2 is 1.61 bits per heavy atom. The molecule has 6 heteroatoms. The zero-order valence-corrected chi connectivity index (χ0v) is 15.8. The molecule has 144 valence electrons. The number of hydrogen-bond donors (Lipinski definition) is 0. The summed E-state index contributed by atoms with van der Waals surface area (Å²) in [5, 5.41) is 0. The van der Waals surface area contributed by atoms with Crippen molar-refractivity contribution in [3.63, 3.8) is 0 Å². The number of aryl methyl sites for hydroxylation is 1. The van der Waals surface area contributed by atoms with Gasteiger partial charge in [-0.25, -0.2) is 0 Å². The molecule has 2 aromatic rings. The highest BCUT2D eigenvalue weighted by atomic mass is 16.7. The quantitative estimate of drug-likeness (QED) is 0.765. The normalized spacial score (nSPS) is 23.5. The van der Waals surface area contributed by atoms with Crippen LogP contribution in [0.25, 0.3) is 0 Å². The van der Waals surface area contributed by atoms with E-state index < -0.39 is 0 Å². The van der Waals surface area contributed by atoms with Crippen LogP contribution in [0.1, 0.15) is 16.7 Å². The van der Waals surface area contributed by atoms with Crippen LogP contribution in [0.4, 0.5) is 0 Å². The lowest BCUT2D eigenvalue weighted by atomic mass is 10.00. The van der Waals surface area contributed by atoms with Crippen LogP contribution in [0.3, 0.4) is 0 Å². The monoisotopic (exact) mass is 378 g/mol. The molecule has 0 saturated carbocycles. The van der Waals surface area contributed by atoms with E-state index in [1.807, 2.05) is 24.3 Å². The predicted molar refractivity (Wildman–Crippen MR) is 102 cm³/mol. The molecule has 5 rings (SSSR count). The van der Waals surface area contributed by atoms with E-state index in [0.29, 0.717) is 31.1 Å². The van der Waals surface area contributed by atoms with E-state index in [1.165, 1.54) is 16.0 Å². The van der Waals surface area contributed by atoms with E-state index >= 15 is 0 Å². The molecule has 0 radical (unpaired) electrons. The first-order valence-corrected chi connectivity index (χ1v) is 9.60. The predicted octanol–water partition coefficient (Wildman–Crippen LogP) is 2.34. The Kier molecular flexibility index (Phi) is 4.09. The summed E-state index contributed by atoms with van der Waals surface area (Å²) in [6.45, 7) is 4.63. The van der Waals surface area contributed by atoms with Crippen LogP contribution in [0.15, 0.2) is 42.5 Å². The van der Waals surface area contributed by atoms with Crippen molar-refractivity contribution in [3.8, 4) is 11.5 Å². The molecule has 2 aromatic carbocycles. The molecular formula is C22H22N2O4. The van der Waals surface area contributed by atoms with Gasteiger partial charge in [-0.1, -0.05) is 35.9 Å². The zero-order chi connectivity index (χ0) is 19.3. The first kappa shape index (κ1) is 17.3. The lowest BCUT2D eigenvalue weighted by molar-refractivity contribution is -0.141. The van der Waals surface area contributed by atoms with Crippen LogP contribution in [0.2, 0.25) is 0 Å². The molecule has 2 amide bonds. The van der Waals surface area contributed by atoms with Crippen LogP contribution in [0, 0.1) is 18.8 Å². The minimum atomic E-state index is -0.230. The number of carbonyl (C=O) groups excluding carboxylic acids is 2. The summed E-state index contributed by atoms with van der Waals surface area (Å²) in [5.41, 5.74) is 3.32. The van der Waals surface area contributed by atoms with Gasteiger partial charge in [0, 0.05) is 19.6 Å². The Labute approximate surface area is 163 Å². The third-order valence-electron chi connectivity index (χ3n) is 5.83. The molecule has 2 fully saturated rings. The van der Waals surface area contributed by atoms with Crippen LogP contribution in [0.5, 0.6) is 11.5 Å². The highest BCUT2D eigenvalue weighted by Gasteiger charge is 2.52. The van der Waals surface area contributed by atoms with Gasteiger partial charge < -0.3 is 9.47 Å². The van der Waals surface area contributed by atoms with Gasteiger partial charge in [0.1, 0.15) is 0 Å². The summed E-state index contributed by atoms with van der Waals surface area (Å²) in [5.74, 6) is 0.795. The number of fused-ring (bicyclic) bond motifs is 2. The Morgan fingerprint density at radius 1 is 0.893 bits per heavy atom. The number of likely N-dealkylation sites (tertiary alicyclic amines) is 2. The molecule has 0 bridgehead atoms. The summed E-state index contributed by atoms with van der Waals surface area (Å²) in [7, 11) is 0. The molecule has 3 aliphatic heterocycles. The number of benzene rings is 2. The molecule has 0 N–H and O–H groups in total. The molecule has 0 spiro atoms. The number of hydrogen-bond acceptors (Lipinski definition) is 5. The number of rotatable bonds is 4. The van der Waals surface area contributed by atoms with Crippen molar-refractivity contribution in [2.24, 2.45) is 11.8 Å². The lowest BCUT2D eigenvalue weighted by Gasteiger charge is -2.21. The lowest BCUT2D eigenvalue weighted by Crippen LogP contribution is -2.35. The van der Waals surface area contributed by atoms with E-state index in [4.69, 9.17) is 9.47 Å². The van der Waals surface area contributed by atoms with Gasteiger partial charge in [0.15, 0.2) is 11.5 Å². The Bertz CT molecular complexity index is 933. The van der Waals surface area contributed by atoms with Gasteiger partial charge in [0.05, 0.1) is 18.4 Å². The molecule has 28 heavy (non-hydrogen) atoms. The third kappa shape index (κ3) is 2.94. The topological polar surface area (TPSA) is 59.1 Å². The fourth-order valence-electron chi connectivity index (χ4n) is 4.47. The average Bonchev–Trinajstić information content (AvgIpc) is 3.35. The maximum atomic E-state index is 12.9. The fraction of sp³-hybridized carbons (Fsp3) is 0.364. The first-order chi connectivity index (χ1) is 13.6. The van der Waals surface area contributed by atoms with Crippen LogP contribution >= 0.6 is 0 Å². The Balaban J connectivity index is 1.27. The second-order valence-corrected chi connectivity index (χ2v) is 7.85. The maximum absolute atomic E-state index is 12.9. The van der Waals surface area contributed by atoms with E-state index in [-0.39, 0.29) is 30.4 Å². The molecule has 0 aromatic heterocycles. The minimum Gasteiger partial charge on any atom is -0.454 e. The Hall–Kier alpha value is -2.86. The fourth-order valence-corrected chi connectivity index (χ4v) is 4.47. The summed E-state index contributed by atoms with van der Waals surface area (Å²) < 4.78 is 10.7. The maximum Gasteiger partial charge on any atom is 0.234 e. The molecular weight excluding hydrogens is 356 g/mol. The highest BCUT2D eigenvalue weighted by Crippen LogP contribution is 2.37. The number of amides is 2. The summed E-state index contributed by atoms with van der Waals surface area (Å²) in [4.78, 5) is 29.5. The summed E-state index contributed by atoms with van der Waals surface area (Å²) in [6.07, 6.45) is 0. The number of nitrogens with zero attached hydrogens (tertiary/aromatic N) is 2. The third-order valence-corrected chi connectivity index (χ3v) is 5.83. The standard InChI is InChI=1S/C22H22N2O4/c1-14-3-2-4-15(7-14)9-23-11-17-18(12-23)22(26)24(21(17)25)10-16-5-6-19-20(8-16)28-13-27-19/h2-8,17-18H,9-13H2,1H3/t17-,18+. The van der Waals surface area contributed by atoms with Crippen molar-refractivity contribution < 1.29 is 19.1 Å². The second kappa shape index (κ2) is 6.63. The second-order valence-electron chi connectivity index (χ2n) is 7.85. The minimum absolute atomic E-state index is 0.0561. The van der Waals surface area contributed by atoms with E-state index in [9.17, 15) is 9.59 Å². The molecule has 6 nitrogen and oxygen atoms in total. The molecule has 0 aliphatic carbocycles. The van der Waals surface area contributed by atoms with E-state index in [0.717, 1.165) is 12.1 Å². The van der Waals surface area contributed by atoms with Crippen LogP contribution < -0.4 is 9.47 Å². The van der Waals surface area contributed by atoms with Gasteiger partial charge in [0.25, 0.3) is 0 Å². The smallest absolute Gasteiger partial charge is 0.234 e. The van der Waals surface area contributed by atoms with Crippen molar-refractivity contribution in [1.29, 1.82) is 0 Å². The number of ether oxygens (including phenoxy) is 2. The van der Waals surface area contributed by atoms with Crippen molar-refractivity contribution in [3.05, 3.63) is 59.2 Å². The van der Waals surface area contributed by atoms with Crippen LogP contribution in [-0.4, -0.2) is 41.5 Å². The largest absolute Gasteiger partial charge is 0.454 e. The SMILES string of the molecule is Cc1cccc(CN2C[C@@H]3C(=O)N(Cc4ccc5c(c4)OCO5)C(=O)[C@@H]3C2)c1. The summed E-state index contributed by atoms with van der Waals surface area (Å²) >= 11 is 0. The molecule has 0 unspecified atom stereocenters. The van der Waals surface area contributed by atoms with Gasteiger partial charge in [-0.3, -0.25) is 19.4 Å². The Morgan fingerprint density at radius 3 is 2.36 bits per heavy atom. The van der Waals surface area contributed by atoms with E-state index in [1.54, 1.807) is 0 Å². The molecule has 3 heterocycles. The average molecular weight is 378 g/mol. The van der Waals surface area contributed by atoms with Crippen molar-refractivity contribution >= 4 is 11.8 Å². The molecule has 3 aliphatic rings. The van der Waals surface area contributed by atoms with Gasteiger partial charge >= 0.3 is 0 Å². The molecule has 2 saturated heterocycles. The number of imide groups is 1. The van der Waals surface area contributed by atoms with Crippen molar-refractivity contribution in [2.75, 3.05) is 19.9 Å². The van der Waals surface area contributed by atoms with Gasteiger partial charge in [-0.2, -0.15) is 0 Å². The first-order valence-electron chi connectivity index (χ1n) is 9.60. The van der Waals surface area contributed by atoms with Gasteiger partial charge in [0.2, 0.25) is 18.6 Å². The van der Waals surface area contributed by atoms with Gasteiger partial charge in [-0.15, -0.1) is 0 Å². The van der Waals surface area contributed by atoms with Gasteiger partial charge in [-0.05, 0) is 30.2 Å². The molecule has 2 atom stereocenters.